The number of nitro groups is 1. The second-order valence-corrected chi connectivity index (χ2v) is 5.44. The van der Waals surface area contributed by atoms with Gasteiger partial charge >= 0.3 is 0 Å². The third-order valence-corrected chi connectivity index (χ3v) is 3.08. The van der Waals surface area contributed by atoms with Crippen LogP contribution in [0.5, 0.6) is 0 Å². The lowest BCUT2D eigenvalue weighted by molar-refractivity contribution is -0.384. The molecule has 106 valence electrons. The Balaban J connectivity index is 2.94. The molecule has 0 aliphatic rings. The molecule has 0 aliphatic heterocycles. The standard InChI is InChI=1S/C12H16BrFN2O3/c1-4-19-12(2,3)7-15-10-5-8(13)9(14)6-11(10)16(17)18/h5-6,15H,4,7H2,1-3H3. The summed E-state index contributed by atoms with van der Waals surface area (Å²) < 4.78 is 19.0. The molecule has 0 aromatic heterocycles. The summed E-state index contributed by atoms with van der Waals surface area (Å²) in [7, 11) is 0. The number of ether oxygens (including phenoxy) is 1. The molecule has 0 bridgehead atoms. The number of nitro benzene ring substituents is 1. The van der Waals surface area contributed by atoms with Crippen LogP contribution in [-0.2, 0) is 4.74 Å². The predicted octanol–water partition coefficient (Wildman–Crippen LogP) is 3.72. The van der Waals surface area contributed by atoms with Gasteiger partial charge in [0.2, 0.25) is 0 Å². The van der Waals surface area contributed by atoms with Crippen molar-refractivity contribution in [2.24, 2.45) is 0 Å². The van der Waals surface area contributed by atoms with E-state index in [2.05, 4.69) is 21.2 Å². The Kier molecular flexibility index (Phi) is 5.25. The van der Waals surface area contributed by atoms with Gasteiger partial charge in [-0.1, -0.05) is 0 Å². The van der Waals surface area contributed by atoms with E-state index in [9.17, 15) is 14.5 Å². The highest BCUT2D eigenvalue weighted by Gasteiger charge is 2.22. The average molecular weight is 335 g/mol. The van der Waals surface area contributed by atoms with E-state index in [0.717, 1.165) is 6.07 Å². The molecule has 1 N–H and O–H groups in total. The number of halogens is 2. The lowest BCUT2D eigenvalue weighted by atomic mass is 10.1. The molecule has 19 heavy (non-hydrogen) atoms. The third-order valence-electron chi connectivity index (χ3n) is 2.47. The van der Waals surface area contributed by atoms with E-state index in [1.54, 1.807) is 0 Å². The van der Waals surface area contributed by atoms with Crippen molar-refractivity contribution in [3.8, 4) is 0 Å². The molecule has 1 rings (SSSR count). The van der Waals surface area contributed by atoms with Gasteiger partial charge < -0.3 is 10.1 Å². The smallest absolute Gasteiger partial charge is 0.295 e. The Bertz CT molecular complexity index is 480. The summed E-state index contributed by atoms with van der Waals surface area (Å²) in [5.74, 6) is -0.665. The number of hydrogen-bond acceptors (Lipinski definition) is 4. The van der Waals surface area contributed by atoms with Crippen molar-refractivity contribution in [2.45, 2.75) is 26.4 Å². The zero-order chi connectivity index (χ0) is 14.6. The highest BCUT2D eigenvalue weighted by molar-refractivity contribution is 9.10. The van der Waals surface area contributed by atoms with Gasteiger partial charge in [-0.2, -0.15) is 0 Å². The van der Waals surface area contributed by atoms with Crippen molar-refractivity contribution < 1.29 is 14.1 Å². The molecule has 1 aromatic rings. The molecular weight excluding hydrogens is 319 g/mol. The third kappa shape index (κ3) is 4.43. The summed E-state index contributed by atoms with van der Waals surface area (Å²) in [6, 6.07) is 2.25. The molecule has 0 spiro atoms. The van der Waals surface area contributed by atoms with Crippen LogP contribution in [0.25, 0.3) is 0 Å². The van der Waals surface area contributed by atoms with Crippen LogP contribution in [0, 0.1) is 15.9 Å². The van der Waals surface area contributed by atoms with Crippen molar-refractivity contribution in [2.75, 3.05) is 18.5 Å². The predicted molar refractivity (Wildman–Crippen MR) is 74.9 cm³/mol. The lowest BCUT2D eigenvalue weighted by Crippen LogP contribution is -2.33. The van der Waals surface area contributed by atoms with E-state index in [4.69, 9.17) is 4.74 Å². The molecule has 0 heterocycles. The van der Waals surface area contributed by atoms with E-state index in [1.165, 1.54) is 6.07 Å². The molecule has 0 radical (unpaired) electrons. The quantitative estimate of drug-likeness (QED) is 0.636. The number of hydrogen-bond donors (Lipinski definition) is 1. The van der Waals surface area contributed by atoms with Crippen LogP contribution >= 0.6 is 15.9 Å². The molecule has 0 saturated heterocycles. The van der Waals surface area contributed by atoms with E-state index in [1.807, 2.05) is 20.8 Å². The summed E-state index contributed by atoms with van der Waals surface area (Å²) in [6.45, 7) is 6.53. The van der Waals surface area contributed by atoms with E-state index >= 15 is 0 Å². The monoisotopic (exact) mass is 334 g/mol. The van der Waals surface area contributed by atoms with Gasteiger partial charge in [0, 0.05) is 13.2 Å². The Labute approximate surface area is 119 Å². The molecular formula is C12H16BrFN2O3. The maximum atomic E-state index is 13.3. The summed E-state index contributed by atoms with van der Waals surface area (Å²) in [5, 5.41) is 13.8. The van der Waals surface area contributed by atoms with Gasteiger partial charge in [0.15, 0.2) is 0 Å². The van der Waals surface area contributed by atoms with Gasteiger partial charge in [-0.05, 0) is 42.8 Å². The summed E-state index contributed by atoms with van der Waals surface area (Å²) in [4.78, 5) is 10.3. The largest absolute Gasteiger partial charge is 0.377 e. The Morgan fingerprint density at radius 1 is 1.53 bits per heavy atom. The van der Waals surface area contributed by atoms with Crippen molar-refractivity contribution in [1.29, 1.82) is 0 Å². The van der Waals surface area contributed by atoms with Crippen LogP contribution in [-0.4, -0.2) is 23.7 Å². The first-order valence-electron chi connectivity index (χ1n) is 5.78. The second kappa shape index (κ2) is 6.29. The van der Waals surface area contributed by atoms with Crippen molar-refractivity contribution in [3.05, 3.63) is 32.5 Å². The highest BCUT2D eigenvalue weighted by atomic mass is 79.9. The highest BCUT2D eigenvalue weighted by Crippen LogP contribution is 2.31. The molecule has 0 saturated carbocycles. The van der Waals surface area contributed by atoms with Crippen LogP contribution < -0.4 is 5.32 Å². The zero-order valence-electron chi connectivity index (χ0n) is 11.0. The Morgan fingerprint density at radius 2 is 2.16 bits per heavy atom. The summed E-state index contributed by atoms with van der Waals surface area (Å²) >= 11 is 3.01. The Hall–Kier alpha value is -1.21. The van der Waals surface area contributed by atoms with Crippen LogP contribution in [0.1, 0.15) is 20.8 Å². The minimum atomic E-state index is -0.665. The van der Waals surface area contributed by atoms with Gasteiger partial charge in [0.1, 0.15) is 11.5 Å². The molecule has 0 atom stereocenters. The first-order valence-corrected chi connectivity index (χ1v) is 6.57. The van der Waals surface area contributed by atoms with Crippen molar-refractivity contribution >= 4 is 27.3 Å². The second-order valence-electron chi connectivity index (χ2n) is 4.59. The first kappa shape index (κ1) is 15.8. The van der Waals surface area contributed by atoms with Crippen LogP contribution in [0.15, 0.2) is 16.6 Å². The van der Waals surface area contributed by atoms with Crippen molar-refractivity contribution in [3.63, 3.8) is 0 Å². The molecule has 1 aromatic carbocycles. The van der Waals surface area contributed by atoms with Gasteiger partial charge in [0.05, 0.1) is 21.1 Å². The van der Waals surface area contributed by atoms with Gasteiger partial charge in [-0.25, -0.2) is 4.39 Å². The van der Waals surface area contributed by atoms with Crippen molar-refractivity contribution in [1.82, 2.24) is 0 Å². The number of anilines is 1. The fourth-order valence-corrected chi connectivity index (χ4v) is 1.92. The molecule has 0 aliphatic carbocycles. The van der Waals surface area contributed by atoms with Crippen LogP contribution in [0.2, 0.25) is 0 Å². The molecule has 7 heteroatoms. The van der Waals surface area contributed by atoms with Crippen LogP contribution in [0.3, 0.4) is 0 Å². The maximum absolute atomic E-state index is 13.3. The lowest BCUT2D eigenvalue weighted by Gasteiger charge is -2.25. The fourth-order valence-electron chi connectivity index (χ4n) is 1.58. The maximum Gasteiger partial charge on any atom is 0.295 e. The fraction of sp³-hybridized carbons (Fsp3) is 0.500. The van der Waals surface area contributed by atoms with E-state index in [-0.39, 0.29) is 15.8 Å². The molecule has 0 fully saturated rings. The van der Waals surface area contributed by atoms with E-state index < -0.39 is 16.3 Å². The zero-order valence-corrected chi connectivity index (χ0v) is 12.6. The normalized spacial score (nSPS) is 11.4. The van der Waals surface area contributed by atoms with Gasteiger partial charge in [-0.3, -0.25) is 10.1 Å². The summed E-state index contributed by atoms with van der Waals surface area (Å²) in [5.41, 5.74) is -0.511. The van der Waals surface area contributed by atoms with Gasteiger partial charge in [0.25, 0.3) is 5.69 Å². The number of nitrogens with one attached hydrogen (secondary N) is 1. The molecule has 0 unspecified atom stereocenters. The molecule has 0 amide bonds. The number of nitrogens with zero attached hydrogens (tertiary/aromatic N) is 1. The topological polar surface area (TPSA) is 64.4 Å². The van der Waals surface area contributed by atoms with E-state index in [0.29, 0.717) is 13.2 Å². The minimum Gasteiger partial charge on any atom is -0.377 e. The SMILES string of the molecule is CCOC(C)(C)CNc1cc(Br)c(F)cc1[N+](=O)[O-]. The minimum absolute atomic E-state index is 0.176. The Morgan fingerprint density at radius 3 is 2.68 bits per heavy atom. The summed E-state index contributed by atoms with van der Waals surface area (Å²) in [6.07, 6.45) is 0. The average Bonchev–Trinajstić information content (AvgIpc) is 2.30. The first-order chi connectivity index (χ1) is 8.76. The number of benzene rings is 1. The molecule has 5 nitrogen and oxygen atoms in total. The number of rotatable bonds is 6. The van der Waals surface area contributed by atoms with Crippen LogP contribution in [0.4, 0.5) is 15.8 Å². The van der Waals surface area contributed by atoms with Gasteiger partial charge in [-0.15, -0.1) is 0 Å².